The van der Waals surface area contributed by atoms with Gasteiger partial charge in [-0.1, -0.05) is 48.5 Å². The van der Waals surface area contributed by atoms with E-state index in [9.17, 15) is 9.59 Å². The van der Waals surface area contributed by atoms with E-state index in [-0.39, 0.29) is 28.7 Å². The van der Waals surface area contributed by atoms with Crippen molar-refractivity contribution in [3.05, 3.63) is 171 Å². The lowest BCUT2D eigenvalue weighted by Gasteiger charge is -2.11. The van der Waals surface area contributed by atoms with Gasteiger partial charge in [-0.25, -0.2) is 23.7 Å². The fourth-order valence-corrected chi connectivity index (χ4v) is 6.76. The minimum Gasteiger partial charge on any atom is -0.294 e. The molecule has 0 aliphatic carbocycles. The van der Waals surface area contributed by atoms with Gasteiger partial charge >= 0.3 is 0 Å². The fourth-order valence-electron chi connectivity index (χ4n) is 6.76. The molecule has 0 amide bonds. The summed E-state index contributed by atoms with van der Waals surface area (Å²) in [6.07, 6.45) is 8.29. The van der Waals surface area contributed by atoms with Gasteiger partial charge in [-0.05, 0) is 64.7 Å². The second-order valence-corrected chi connectivity index (χ2v) is 13.1. The van der Waals surface area contributed by atoms with Crippen molar-refractivity contribution < 1.29 is 8.78 Å². The predicted molar refractivity (Wildman–Crippen MR) is 201 cm³/mol. The summed E-state index contributed by atoms with van der Waals surface area (Å²) in [7, 11) is 1.79. The summed E-state index contributed by atoms with van der Waals surface area (Å²) in [5.74, 6) is -1.53. The monoisotopic (exact) mass is 717 g/mol. The standard InChI is InChI=1S/C41H29F2N9O2/c1-49-21-33-30(6-4-8-38(33)48-49)27-15-35(42)34(36(43)16-27)22-51-24-45-39-32(41(51)54)14-13-29(47-39)20-52-19-28(17-46-52)26-11-9-25(10-12-26)18-50-23-44-37-7-3-2-5-31(37)40(50)53/h2-17,19,21,23-24H,18,20,22H2,1H3. The van der Waals surface area contributed by atoms with Crippen molar-refractivity contribution in [3.8, 4) is 22.3 Å². The van der Waals surface area contributed by atoms with E-state index in [1.807, 2.05) is 54.7 Å². The van der Waals surface area contributed by atoms with Gasteiger partial charge < -0.3 is 0 Å². The highest BCUT2D eigenvalue weighted by Crippen LogP contribution is 2.31. The number of fused-ring (bicyclic) bond motifs is 3. The molecule has 9 aromatic rings. The molecule has 0 spiro atoms. The number of benzene rings is 4. The third-order valence-corrected chi connectivity index (χ3v) is 9.52. The first kappa shape index (κ1) is 32.7. The third kappa shape index (κ3) is 6.00. The molecule has 0 atom stereocenters. The molecule has 0 saturated carbocycles. The summed E-state index contributed by atoms with van der Waals surface area (Å²) in [5, 5.41) is 10.5. The quantitative estimate of drug-likeness (QED) is 0.180. The Morgan fingerprint density at radius 1 is 0.648 bits per heavy atom. The molecule has 0 saturated heterocycles. The number of hydrogen-bond donors (Lipinski definition) is 0. The molecule has 54 heavy (non-hydrogen) atoms. The van der Waals surface area contributed by atoms with Crippen LogP contribution in [0.5, 0.6) is 0 Å². The molecule has 0 bridgehead atoms. The third-order valence-electron chi connectivity index (χ3n) is 9.52. The highest BCUT2D eigenvalue weighted by molar-refractivity contribution is 5.94. The number of aromatic nitrogens is 9. The minimum absolute atomic E-state index is 0.0858. The molecule has 13 heteroatoms. The Labute approximate surface area is 305 Å². The maximum atomic E-state index is 15.4. The Hall–Kier alpha value is -7.15. The van der Waals surface area contributed by atoms with Crippen molar-refractivity contribution in [2.45, 2.75) is 19.6 Å². The lowest BCUT2D eigenvalue weighted by Crippen LogP contribution is -2.23. The van der Waals surface area contributed by atoms with Crippen molar-refractivity contribution in [1.29, 1.82) is 0 Å². The summed E-state index contributed by atoms with van der Waals surface area (Å²) in [5.41, 5.74) is 5.28. The van der Waals surface area contributed by atoms with E-state index in [1.165, 1.54) is 23.0 Å². The number of para-hydroxylation sites is 1. The van der Waals surface area contributed by atoms with E-state index in [0.29, 0.717) is 40.8 Å². The van der Waals surface area contributed by atoms with Crippen LogP contribution in [0.3, 0.4) is 0 Å². The Balaban J connectivity index is 0.898. The Morgan fingerprint density at radius 3 is 2.22 bits per heavy atom. The molecule has 0 aliphatic rings. The molecular weight excluding hydrogens is 689 g/mol. The normalized spacial score (nSPS) is 11.6. The highest BCUT2D eigenvalue weighted by atomic mass is 19.1. The van der Waals surface area contributed by atoms with Crippen LogP contribution in [0.25, 0.3) is 55.1 Å². The summed E-state index contributed by atoms with van der Waals surface area (Å²) < 4.78 is 37.0. The van der Waals surface area contributed by atoms with E-state index < -0.39 is 17.2 Å². The molecule has 9 rings (SSSR count). The van der Waals surface area contributed by atoms with Gasteiger partial charge in [-0.2, -0.15) is 10.2 Å². The molecule has 11 nitrogen and oxygen atoms in total. The van der Waals surface area contributed by atoms with Crippen LogP contribution in [0.4, 0.5) is 8.78 Å². The Kier molecular flexibility index (Phi) is 7.95. The highest BCUT2D eigenvalue weighted by Gasteiger charge is 2.17. The average Bonchev–Trinajstić information content (AvgIpc) is 3.81. The lowest BCUT2D eigenvalue weighted by molar-refractivity contribution is 0.541. The van der Waals surface area contributed by atoms with Crippen LogP contribution in [-0.2, 0) is 26.7 Å². The van der Waals surface area contributed by atoms with Crippen LogP contribution < -0.4 is 11.1 Å². The van der Waals surface area contributed by atoms with Crippen molar-refractivity contribution in [3.63, 3.8) is 0 Å². The molecule has 264 valence electrons. The second-order valence-electron chi connectivity index (χ2n) is 13.1. The first-order valence-corrected chi connectivity index (χ1v) is 17.1. The van der Waals surface area contributed by atoms with Gasteiger partial charge in [0, 0.05) is 36.0 Å². The van der Waals surface area contributed by atoms with Gasteiger partial charge in [0.15, 0.2) is 5.65 Å². The molecule has 4 aromatic carbocycles. The lowest BCUT2D eigenvalue weighted by atomic mass is 10.00. The summed E-state index contributed by atoms with van der Waals surface area (Å²) in [6.45, 7) is 0.385. The zero-order valence-corrected chi connectivity index (χ0v) is 28.8. The van der Waals surface area contributed by atoms with Crippen LogP contribution in [-0.4, -0.2) is 43.6 Å². The van der Waals surface area contributed by atoms with E-state index in [1.54, 1.807) is 70.0 Å². The molecule has 0 N–H and O–H groups in total. The molecule has 0 aliphatic heterocycles. The van der Waals surface area contributed by atoms with Crippen LogP contribution >= 0.6 is 0 Å². The maximum absolute atomic E-state index is 15.4. The number of pyridine rings is 1. The molecule has 5 heterocycles. The van der Waals surface area contributed by atoms with Gasteiger partial charge in [0.25, 0.3) is 11.1 Å². The largest absolute Gasteiger partial charge is 0.294 e. The average molecular weight is 718 g/mol. The summed E-state index contributed by atoms with van der Waals surface area (Å²) in [6, 6.07) is 26.5. The topological polar surface area (TPSA) is 118 Å². The van der Waals surface area contributed by atoms with Gasteiger partial charge in [0.05, 0.1) is 59.7 Å². The van der Waals surface area contributed by atoms with Crippen LogP contribution in [0, 0.1) is 11.6 Å². The first-order chi connectivity index (χ1) is 26.3. The van der Waals surface area contributed by atoms with Gasteiger partial charge in [-0.15, -0.1) is 0 Å². The summed E-state index contributed by atoms with van der Waals surface area (Å²) >= 11 is 0. The van der Waals surface area contributed by atoms with Crippen LogP contribution in [0.1, 0.15) is 16.8 Å². The second kappa shape index (κ2) is 13.1. The molecule has 0 unspecified atom stereocenters. The van der Waals surface area contributed by atoms with E-state index in [2.05, 4.69) is 25.1 Å². The zero-order valence-electron chi connectivity index (χ0n) is 28.8. The van der Waals surface area contributed by atoms with Crippen LogP contribution in [0.15, 0.2) is 132 Å². The van der Waals surface area contributed by atoms with Crippen molar-refractivity contribution in [1.82, 2.24) is 43.6 Å². The number of hydrogen-bond acceptors (Lipinski definition) is 7. The zero-order chi connectivity index (χ0) is 36.9. The van der Waals surface area contributed by atoms with Gasteiger partial charge in [0.2, 0.25) is 0 Å². The van der Waals surface area contributed by atoms with Crippen molar-refractivity contribution in [2.75, 3.05) is 0 Å². The SMILES string of the molecule is Cn1cc2c(-c3cc(F)c(Cn4cnc5nc(Cn6cc(-c7ccc(Cn8cnc9ccccc9c8=O)cc7)cn6)ccc5c4=O)c(F)c3)cccc2n1. The molecule has 0 fully saturated rings. The smallest absolute Gasteiger partial charge is 0.263 e. The van der Waals surface area contributed by atoms with Gasteiger partial charge in [0.1, 0.15) is 18.0 Å². The van der Waals surface area contributed by atoms with E-state index in [4.69, 9.17) is 0 Å². The maximum Gasteiger partial charge on any atom is 0.263 e. The van der Waals surface area contributed by atoms with Gasteiger partial charge in [-0.3, -0.25) is 28.1 Å². The van der Waals surface area contributed by atoms with E-state index >= 15 is 8.78 Å². The Bertz CT molecular complexity index is 3000. The number of aryl methyl sites for hydroxylation is 1. The number of halogens is 2. The van der Waals surface area contributed by atoms with Crippen LogP contribution in [0.2, 0.25) is 0 Å². The minimum atomic E-state index is -0.767. The van der Waals surface area contributed by atoms with Crippen molar-refractivity contribution >= 4 is 32.8 Å². The Morgan fingerprint density at radius 2 is 1.39 bits per heavy atom. The molecule has 0 radical (unpaired) electrons. The number of rotatable bonds is 8. The van der Waals surface area contributed by atoms with E-state index in [0.717, 1.165) is 27.6 Å². The molecule has 5 aromatic heterocycles. The number of nitrogens with zero attached hydrogens (tertiary/aromatic N) is 9. The predicted octanol–water partition coefficient (Wildman–Crippen LogP) is 6.34. The van der Waals surface area contributed by atoms with Crippen molar-refractivity contribution in [2.24, 2.45) is 7.05 Å². The summed E-state index contributed by atoms with van der Waals surface area (Å²) in [4.78, 5) is 39.6. The fraction of sp³-hybridized carbons (Fsp3) is 0.0976. The molecular formula is C41H29F2N9O2. The first-order valence-electron chi connectivity index (χ1n) is 17.1.